The first-order chi connectivity index (χ1) is 3.86. The van der Waals surface area contributed by atoms with Crippen LogP contribution in [0, 0.1) is 5.92 Å². The van der Waals surface area contributed by atoms with Gasteiger partial charge in [-0.25, -0.2) is 0 Å². The molecule has 3 rings (SSSR count). The van der Waals surface area contributed by atoms with Crippen LogP contribution in [0.2, 0.25) is 0 Å². The normalized spacial score (nSPS) is 42.9. The van der Waals surface area contributed by atoms with Crippen molar-refractivity contribution in [3.8, 4) is 0 Å². The highest BCUT2D eigenvalue weighted by atomic mass is 127. The van der Waals surface area contributed by atoms with Crippen molar-refractivity contribution in [2.75, 3.05) is 0 Å². The van der Waals surface area contributed by atoms with Gasteiger partial charge >= 0.3 is 0 Å². The van der Waals surface area contributed by atoms with Crippen LogP contribution in [-0.2, 0) is 0 Å². The fourth-order valence-corrected chi connectivity index (χ4v) is 2.27. The van der Waals surface area contributed by atoms with E-state index in [0.717, 1.165) is 9.84 Å². The van der Waals surface area contributed by atoms with Gasteiger partial charge < -0.3 is 0 Å². The maximum absolute atomic E-state index is 2.58. The summed E-state index contributed by atoms with van der Waals surface area (Å²) in [6, 6.07) is 0. The van der Waals surface area contributed by atoms with Gasteiger partial charge in [-0.05, 0) is 25.2 Å². The average molecular weight is 220 g/mol. The number of halogens is 1. The monoisotopic (exact) mass is 220 g/mol. The first-order valence-corrected chi connectivity index (χ1v) is 4.43. The Hall–Kier alpha value is 0.470. The van der Waals surface area contributed by atoms with Crippen molar-refractivity contribution >= 4 is 22.6 Å². The summed E-state index contributed by atoms with van der Waals surface area (Å²) in [5.41, 5.74) is 1.72. The molecule has 1 heteroatoms. The molecule has 0 nitrogen and oxygen atoms in total. The zero-order valence-corrected chi connectivity index (χ0v) is 6.89. The van der Waals surface area contributed by atoms with Gasteiger partial charge in [-0.15, -0.1) is 0 Å². The second kappa shape index (κ2) is 1.72. The second-order valence-corrected chi connectivity index (χ2v) is 4.38. The first-order valence-electron chi connectivity index (χ1n) is 3.18. The molecule has 0 spiro atoms. The molecule has 1 saturated carbocycles. The Bertz CT molecular complexity index is 129. The third-order valence-electron chi connectivity index (χ3n) is 2.19. The Morgan fingerprint density at radius 3 is 2.50 bits per heavy atom. The van der Waals surface area contributed by atoms with E-state index in [1.807, 2.05) is 0 Å². The van der Waals surface area contributed by atoms with E-state index < -0.39 is 0 Å². The van der Waals surface area contributed by atoms with Crippen molar-refractivity contribution in [3.05, 3.63) is 11.6 Å². The van der Waals surface area contributed by atoms with E-state index in [9.17, 15) is 0 Å². The third kappa shape index (κ3) is 0.634. The van der Waals surface area contributed by atoms with E-state index in [4.69, 9.17) is 0 Å². The first kappa shape index (κ1) is 5.27. The van der Waals surface area contributed by atoms with Crippen LogP contribution in [0.3, 0.4) is 0 Å². The second-order valence-electron chi connectivity index (χ2n) is 2.78. The van der Waals surface area contributed by atoms with E-state index in [2.05, 4.69) is 28.7 Å². The average Bonchev–Trinajstić information content (AvgIpc) is 1.62. The van der Waals surface area contributed by atoms with Crippen LogP contribution in [0.25, 0.3) is 0 Å². The van der Waals surface area contributed by atoms with Gasteiger partial charge in [0.15, 0.2) is 0 Å². The minimum atomic E-state index is 0.963. The van der Waals surface area contributed by atoms with Crippen molar-refractivity contribution in [2.24, 2.45) is 5.92 Å². The number of hydrogen-bond donors (Lipinski definition) is 0. The van der Waals surface area contributed by atoms with Gasteiger partial charge in [0.05, 0.1) is 0 Å². The molecule has 8 heavy (non-hydrogen) atoms. The van der Waals surface area contributed by atoms with Crippen molar-refractivity contribution in [3.63, 3.8) is 0 Å². The Balaban J connectivity index is 2.19. The quantitative estimate of drug-likeness (QED) is 0.334. The van der Waals surface area contributed by atoms with E-state index in [1.54, 1.807) is 5.57 Å². The molecule has 0 amide bonds. The van der Waals surface area contributed by atoms with E-state index in [1.165, 1.54) is 19.3 Å². The summed E-state index contributed by atoms with van der Waals surface area (Å²) < 4.78 is 0.963. The third-order valence-corrected chi connectivity index (χ3v) is 3.72. The fraction of sp³-hybridized carbons (Fsp3) is 0.714. The zero-order chi connectivity index (χ0) is 5.56. The van der Waals surface area contributed by atoms with Gasteiger partial charge in [-0.2, -0.15) is 0 Å². The molecule has 0 aromatic rings. The van der Waals surface area contributed by atoms with E-state index >= 15 is 0 Å². The minimum Gasteiger partial charge on any atom is -0.0843 e. The Morgan fingerprint density at radius 1 is 1.50 bits per heavy atom. The van der Waals surface area contributed by atoms with E-state index in [-0.39, 0.29) is 0 Å². The van der Waals surface area contributed by atoms with Crippen molar-refractivity contribution in [2.45, 2.75) is 23.2 Å². The molecule has 44 valence electrons. The highest BCUT2D eigenvalue weighted by Gasteiger charge is 2.32. The van der Waals surface area contributed by atoms with Gasteiger partial charge in [0, 0.05) is 3.92 Å². The molecule has 1 fully saturated rings. The Morgan fingerprint density at radius 2 is 2.25 bits per heavy atom. The van der Waals surface area contributed by atoms with E-state index in [0.29, 0.717) is 0 Å². The summed E-state index contributed by atoms with van der Waals surface area (Å²) in [6.45, 7) is 0. The number of allylic oxidation sites excluding steroid dienone is 2. The van der Waals surface area contributed by atoms with Gasteiger partial charge in [-0.1, -0.05) is 34.2 Å². The number of rotatable bonds is 0. The summed E-state index contributed by atoms with van der Waals surface area (Å²) in [4.78, 5) is 0. The molecule has 2 bridgehead atoms. The van der Waals surface area contributed by atoms with Gasteiger partial charge in [0.25, 0.3) is 0 Å². The summed E-state index contributed by atoms with van der Waals surface area (Å²) in [6.07, 6.45) is 6.62. The van der Waals surface area contributed by atoms with Crippen LogP contribution in [0.1, 0.15) is 19.3 Å². The molecular formula is C7H9I. The van der Waals surface area contributed by atoms with Crippen LogP contribution in [0.5, 0.6) is 0 Å². The highest BCUT2D eigenvalue weighted by molar-refractivity contribution is 14.1. The number of fused-ring (bicyclic) bond motifs is 2. The smallest absolute Gasteiger partial charge is 0.0178 e. The molecule has 1 unspecified atom stereocenters. The summed E-state index contributed by atoms with van der Waals surface area (Å²) >= 11 is 2.58. The van der Waals surface area contributed by atoms with Gasteiger partial charge in [0.2, 0.25) is 0 Å². The van der Waals surface area contributed by atoms with Gasteiger partial charge in [-0.3, -0.25) is 0 Å². The molecule has 3 aliphatic carbocycles. The lowest BCUT2D eigenvalue weighted by molar-refractivity contribution is 0.386. The van der Waals surface area contributed by atoms with Crippen molar-refractivity contribution in [1.29, 1.82) is 0 Å². The van der Waals surface area contributed by atoms with Crippen LogP contribution in [0.4, 0.5) is 0 Å². The molecule has 0 radical (unpaired) electrons. The lowest BCUT2D eigenvalue weighted by atomic mass is 9.73. The van der Waals surface area contributed by atoms with Crippen LogP contribution >= 0.6 is 22.6 Å². The highest BCUT2D eigenvalue weighted by Crippen LogP contribution is 2.44. The Labute approximate surface area is 63.5 Å². The molecule has 0 N–H and O–H groups in total. The van der Waals surface area contributed by atoms with Crippen LogP contribution in [-0.4, -0.2) is 3.92 Å². The number of alkyl halides is 1. The molecule has 0 heterocycles. The molecule has 3 aliphatic rings. The fourth-order valence-electron chi connectivity index (χ4n) is 1.51. The number of hydrogen-bond acceptors (Lipinski definition) is 0. The maximum Gasteiger partial charge on any atom is 0.0178 e. The standard InChI is InChI=1S/C7H9I/c8-7-2-1-5-3-6(7)4-5/h1,6-7H,2-4H2. The molecule has 0 aromatic carbocycles. The Kier molecular flexibility index (Phi) is 1.14. The summed E-state index contributed by atoms with van der Waals surface area (Å²) in [7, 11) is 0. The largest absolute Gasteiger partial charge is 0.0843 e. The predicted octanol–water partition coefficient (Wildman–Crippen LogP) is 2.53. The zero-order valence-electron chi connectivity index (χ0n) is 4.73. The SMILES string of the molecule is IC1CC=C2CC1C2. The van der Waals surface area contributed by atoms with Gasteiger partial charge in [0.1, 0.15) is 0 Å². The lowest BCUT2D eigenvalue weighted by Gasteiger charge is -2.37. The minimum absolute atomic E-state index is 0.963. The predicted molar refractivity (Wildman–Crippen MR) is 43.2 cm³/mol. The lowest BCUT2D eigenvalue weighted by Crippen LogP contribution is -2.28. The van der Waals surface area contributed by atoms with Crippen LogP contribution < -0.4 is 0 Å². The maximum atomic E-state index is 2.58. The summed E-state index contributed by atoms with van der Waals surface area (Å²) in [5, 5.41) is 0. The molecular weight excluding hydrogens is 211 g/mol. The topological polar surface area (TPSA) is 0 Å². The van der Waals surface area contributed by atoms with Crippen molar-refractivity contribution < 1.29 is 0 Å². The molecule has 0 aromatic heterocycles. The van der Waals surface area contributed by atoms with Crippen molar-refractivity contribution in [1.82, 2.24) is 0 Å². The molecule has 1 atom stereocenters. The summed E-state index contributed by atoms with van der Waals surface area (Å²) in [5.74, 6) is 1.07. The molecule has 0 aliphatic heterocycles. The molecule has 0 saturated heterocycles. The van der Waals surface area contributed by atoms with Crippen LogP contribution in [0.15, 0.2) is 11.6 Å².